The first kappa shape index (κ1) is 17.1. The number of nitrogens with zero attached hydrogens (tertiary/aromatic N) is 2. The minimum absolute atomic E-state index is 0.160. The van der Waals surface area contributed by atoms with Crippen molar-refractivity contribution in [2.75, 3.05) is 0 Å². The lowest BCUT2D eigenvalue weighted by atomic mass is 9.91. The molecule has 1 N–H and O–H groups in total. The number of aryl methyl sites for hydroxylation is 1. The summed E-state index contributed by atoms with van der Waals surface area (Å²) in [5, 5.41) is 0.529. The molecule has 0 amide bonds. The average Bonchev–Trinajstić information content (AvgIpc) is 2.62. The second-order valence-electron chi connectivity index (χ2n) is 7.17. The van der Waals surface area contributed by atoms with Gasteiger partial charge in [-0.1, -0.05) is 24.6 Å². The Kier molecular flexibility index (Phi) is 4.04. The first-order valence-corrected chi connectivity index (χ1v) is 9.20. The summed E-state index contributed by atoms with van der Waals surface area (Å²) in [6.45, 7) is 6.69. The Morgan fingerprint density at radius 2 is 2.08 bits per heavy atom. The lowest BCUT2D eigenvalue weighted by Crippen LogP contribution is -2.35. The lowest BCUT2D eigenvalue weighted by molar-refractivity contribution is -0.0573. The van der Waals surface area contributed by atoms with E-state index in [1.165, 1.54) is 4.57 Å². The predicted molar refractivity (Wildman–Crippen MR) is 104 cm³/mol. The minimum Gasteiger partial charge on any atom is -0.370 e. The first-order valence-electron chi connectivity index (χ1n) is 8.79. The second-order valence-corrected chi connectivity index (χ2v) is 7.55. The highest BCUT2D eigenvalue weighted by atomic mass is 32.1. The van der Waals surface area contributed by atoms with Gasteiger partial charge in [-0.05, 0) is 50.7 Å². The van der Waals surface area contributed by atoms with Crippen molar-refractivity contribution in [3.05, 3.63) is 62.3 Å². The molecule has 0 spiro atoms. The van der Waals surface area contributed by atoms with Crippen LogP contribution in [-0.2, 0) is 17.8 Å². The highest BCUT2D eigenvalue weighted by molar-refractivity contribution is 7.71. The molecule has 0 saturated carbocycles. The van der Waals surface area contributed by atoms with E-state index in [4.69, 9.17) is 21.9 Å². The van der Waals surface area contributed by atoms with Crippen LogP contribution in [0.1, 0.15) is 37.1 Å². The molecule has 26 heavy (non-hydrogen) atoms. The fourth-order valence-electron chi connectivity index (χ4n) is 3.31. The maximum absolute atomic E-state index is 13.1. The molecule has 3 aromatic rings. The van der Waals surface area contributed by atoms with Gasteiger partial charge < -0.3 is 9.72 Å². The number of H-pyrrole nitrogens is 1. The molecule has 0 fully saturated rings. The number of pyridine rings is 1. The summed E-state index contributed by atoms with van der Waals surface area (Å²) < 4.78 is 7.87. The third-order valence-corrected chi connectivity index (χ3v) is 5.50. The molecule has 5 nitrogen and oxygen atoms in total. The number of aromatic amines is 1. The largest absolute Gasteiger partial charge is 0.370 e. The van der Waals surface area contributed by atoms with Crippen molar-refractivity contribution in [1.82, 2.24) is 14.5 Å². The zero-order valence-corrected chi connectivity index (χ0v) is 15.9. The topological polar surface area (TPSA) is 59.9 Å². The van der Waals surface area contributed by atoms with E-state index in [1.54, 1.807) is 0 Å². The van der Waals surface area contributed by atoms with Crippen molar-refractivity contribution in [1.29, 1.82) is 0 Å². The van der Waals surface area contributed by atoms with Gasteiger partial charge in [0.05, 0.1) is 29.0 Å². The zero-order chi connectivity index (χ0) is 18.5. The normalized spacial score (nSPS) is 19.5. The van der Waals surface area contributed by atoms with Crippen molar-refractivity contribution < 1.29 is 4.74 Å². The van der Waals surface area contributed by atoms with Crippen LogP contribution in [0.2, 0.25) is 0 Å². The molecule has 1 aliphatic heterocycles. The van der Waals surface area contributed by atoms with Crippen molar-refractivity contribution in [2.24, 2.45) is 0 Å². The lowest BCUT2D eigenvalue weighted by Gasteiger charge is -2.33. The number of ether oxygens (including phenoxy) is 1. The number of fused-ring (bicyclic) bond motifs is 2. The molecular weight excluding hydrogens is 346 g/mol. The molecule has 2 aromatic heterocycles. The number of hydrogen-bond donors (Lipinski definition) is 1. The number of benzene rings is 1. The predicted octanol–water partition coefficient (Wildman–Crippen LogP) is 3.99. The van der Waals surface area contributed by atoms with Crippen LogP contribution in [0.25, 0.3) is 16.7 Å². The van der Waals surface area contributed by atoms with E-state index >= 15 is 0 Å². The Bertz CT molecular complexity index is 1110. The second kappa shape index (κ2) is 6.14. The number of aromatic nitrogens is 3. The van der Waals surface area contributed by atoms with Crippen LogP contribution in [0, 0.1) is 11.7 Å². The number of nitrogens with one attached hydrogen (secondary N) is 1. The molecule has 4 rings (SSSR count). The van der Waals surface area contributed by atoms with Gasteiger partial charge in [-0.25, -0.2) is 4.98 Å². The van der Waals surface area contributed by atoms with E-state index in [0.717, 1.165) is 35.3 Å². The fourth-order valence-corrected chi connectivity index (χ4v) is 3.60. The van der Waals surface area contributed by atoms with Crippen molar-refractivity contribution in [2.45, 2.75) is 45.8 Å². The van der Waals surface area contributed by atoms with Gasteiger partial charge in [0.1, 0.15) is 5.65 Å². The Morgan fingerprint density at radius 1 is 1.35 bits per heavy atom. The molecule has 0 radical (unpaired) electrons. The van der Waals surface area contributed by atoms with Gasteiger partial charge in [-0.15, -0.1) is 0 Å². The maximum atomic E-state index is 13.1. The third kappa shape index (κ3) is 2.79. The summed E-state index contributed by atoms with van der Waals surface area (Å²) in [5.41, 5.74) is 4.00. The molecule has 134 valence electrons. The maximum Gasteiger partial charge on any atom is 0.268 e. The van der Waals surface area contributed by atoms with Gasteiger partial charge >= 0.3 is 0 Å². The van der Waals surface area contributed by atoms with Crippen LogP contribution >= 0.6 is 12.2 Å². The van der Waals surface area contributed by atoms with Gasteiger partial charge in [-0.2, -0.15) is 0 Å². The molecular formula is C20H21N3O2S. The van der Waals surface area contributed by atoms with Crippen LogP contribution in [0.3, 0.4) is 0 Å². The van der Waals surface area contributed by atoms with E-state index < -0.39 is 0 Å². The van der Waals surface area contributed by atoms with Crippen molar-refractivity contribution in [3.8, 4) is 5.69 Å². The molecule has 0 aliphatic carbocycles. The fraction of sp³-hybridized carbons (Fsp3) is 0.350. The van der Waals surface area contributed by atoms with E-state index in [-0.39, 0.29) is 11.2 Å². The van der Waals surface area contributed by atoms with Crippen LogP contribution < -0.4 is 5.56 Å². The van der Waals surface area contributed by atoms with Gasteiger partial charge in [0.2, 0.25) is 0 Å². The molecule has 3 heterocycles. The molecule has 0 bridgehead atoms. The number of hydrogen-bond acceptors (Lipinski definition) is 4. The van der Waals surface area contributed by atoms with Crippen LogP contribution in [-0.4, -0.2) is 20.1 Å². The Morgan fingerprint density at radius 3 is 2.77 bits per heavy atom. The SMILES string of the molecule is CC[C@@]1(C)Cc2nc3[nH]c(=S)n(-c4ccc(C)cc4)c(=O)c3cc2CO1. The number of rotatable bonds is 2. The molecule has 1 atom stereocenters. The molecule has 1 aliphatic rings. The molecule has 6 heteroatoms. The third-order valence-electron chi connectivity index (χ3n) is 5.21. The quantitative estimate of drug-likeness (QED) is 0.696. The standard InChI is InChI=1S/C20H21N3O2S/c1-4-20(3)10-16-13(11-25-20)9-15-17(21-16)22-19(26)23(18(15)24)14-7-5-12(2)6-8-14/h5-9H,4,10-11H2,1-3H3,(H,21,22,26)/t20-/m0/s1. The van der Waals surface area contributed by atoms with E-state index in [2.05, 4.69) is 18.8 Å². The minimum atomic E-state index is -0.207. The van der Waals surface area contributed by atoms with Gasteiger partial charge in [0.25, 0.3) is 5.56 Å². The molecule has 0 unspecified atom stereocenters. The Hall–Kier alpha value is -2.31. The van der Waals surface area contributed by atoms with E-state index in [0.29, 0.717) is 22.4 Å². The Balaban J connectivity index is 1.92. The molecule has 1 aromatic carbocycles. The highest BCUT2D eigenvalue weighted by Gasteiger charge is 2.30. The monoisotopic (exact) mass is 367 g/mol. The summed E-state index contributed by atoms with van der Waals surface area (Å²) in [5.74, 6) is 0. The zero-order valence-electron chi connectivity index (χ0n) is 15.1. The first-order chi connectivity index (χ1) is 12.4. The summed E-state index contributed by atoms with van der Waals surface area (Å²) in [6.07, 6.45) is 1.65. The summed E-state index contributed by atoms with van der Waals surface area (Å²) in [7, 11) is 0. The van der Waals surface area contributed by atoms with E-state index in [1.807, 2.05) is 37.3 Å². The summed E-state index contributed by atoms with van der Waals surface area (Å²) >= 11 is 5.45. The van der Waals surface area contributed by atoms with Crippen LogP contribution in [0.15, 0.2) is 35.1 Å². The molecule has 0 saturated heterocycles. The van der Waals surface area contributed by atoms with E-state index in [9.17, 15) is 4.79 Å². The highest BCUT2D eigenvalue weighted by Crippen LogP contribution is 2.30. The average molecular weight is 367 g/mol. The summed E-state index contributed by atoms with van der Waals surface area (Å²) in [4.78, 5) is 20.9. The van der Waals surface area contributed by atoms with Gasteiger partial charge in [-0.3, -0.25) is 9.36 Å². The van der Waals surface area contributed by atoms with Crippen molar-refractivity contribution in [3.63, 3.8) is 0 Å². The summed E-state index contributed by atoms with van der Waals surface area (Å²) in [6, 6.07) is 9.61. The smallest absolute Gasteiger partial charge is 0.268 e. The van der Waals surface area contributed by atoms with Crippen LogP contribution in [0.5, 0.6) is 0 Å². The van der Waals surface area contributed by atoms with Gasteiger partial charge in [0, 0.05) is 12.0 Å². The van der Waals surface area contributed by atoms with Crippen LogP contribution in [0.4, 0.5) is 0 Å². The Labute approximate surface area is 156 Å². The van der Waals surface area contributed by atoms with Gasteiger partial charge in [0.15, 0.2) is 4.77 Å². The van der Waals surface area contributed by atoms with Crippen molar-refractivity contribution >= 4 is 23.3 Å².